The summed E-state index contributed by atoms with van der Waals surface area (Å²) in [6.07, 6.45) is 3.82. The van der Waals surface area contributed by atoms with E-state index in [2.05, 4.69) is 9.99 Å². The van der Waals surface area contributed by atoms with Crippen molar-refractivity contribution >= 4 is 57.1 Å². The third-order valence-corrected chi connectivity index (χ3v) is 7.11. The number of aromatic nitrogens is 1. The van der Waals surface area contributed by atoms with E-state index >= 15 is 0 Å². The van der Waals surface area contributed by atoms with E-state index in [0.29, 0.717) is 29.4 Å². The minimum absolute atomic E-state index is 0.262. The highest BCUT2D eigenvalue weighted by molar-refractivity contribution is 8.26. The standard InChI is InChI=1S/C28H23N3O4S2/c1-34-21-13-11-19(12-14-21)26(32)29-31-27(33)25(37-28(31)36)17-20-18-30(24-10-6-5-9-23(20)24)15-16-35-22-7-3-2-4-8-22/h2-14,17-18H,15-16H2,1H3,(H,29,32)/b25-17-. The number of fused-ring (bicyclic) bond motifs is 1. The molecule has 5 rings (SSSR count). The van der Waals surface area contributed by atoms with Gasteiger partial charge in [0.05, 0.1) is 18.6 Å². The van der Waals surface area contributed by atoms with Crippen LogP contribution in [0.1, 0.15) is 15.9 Å². The Labute approximate surface area is 223 Å². The van der Waals surface area contributed by atoms with Crippen molar-refractivity contribution in [2.75, 3.05) is 13.7 Å². The van der Waals surface area contributed by atoms with Crippen LogP contribution >= 0.6 is 24.0 Å². The molecule has 0 atom stereocenters. The SMILES string of the molecule is COc1ccc(C(=O)NN2C(=O)/C(=C/c3cn(CCOc4ccccc4)c4ccccc34)SC2=S)cc1. The molecule has 0 aliphatic carbocycles. The molecule has 37 heavy (non-hydrogen) atoms. The molecule has 1 aliphatic heterocycles. The number of benzene rings is 3. The summed E-state index contributed by atoms with van der Waals surface area (Å²) in [6.45, 7) is 1.14. The zero-order valence-electron chi connectivity index (χ0n) is 19.9. The minimum atomic E-state index is -0.435. The first-order valence-electron chi connectivity index (χ1n) is 11.5. The molecule has 2 heterocycles. The van der Waals surface area contributed by atoms with E-state index in [1.807, 2.05) is 66.9 Å². The Morgan fingerprint density at radius 2 is 1.73 bits per heavy atom. The van der Waals surface area contributed by atoms with E-state index in [1.165, 1.54) is 0 Å². The van der Waals surface area contributed by atoms with Crippen molar-refractivity contribution in [3.8, 4) is 11.5 Å². The highest BCUT2D eigenvalue weighted by atomic mass is 32.2. The molecular formula is C28H23N3O4S2. The molecule has 0 spiro atoms. The quantitative estimate of drug-likeness (QED) is 0.248. The van der Waals surface area contributed by atoms with Crippen LogP contribution in [0, 0.1) is 0 Å². The molecule has 2 amide bonds. The Morgan fingerprint density at radius 1 is 1.00 bits per heavy atom. The monoisotopic (exact) mass is 529 g/mol. The number of hydrogen-bond acceptors (Lipinski definition) is 6. The molecule has 1 saturated heterocycles. The molecule has 1 aliphatic rings. The molecule has 0 saturated carbocycles. The number of para-hydroxylation sites is 2. The Balaban J connectivity index is 1.33. The number of thiocarbonyl (C=S) groups is 1. The first-order chi connectivity index (χ1) is 18.0. The van der Waals surface area contributed by atoms with E-state index in [0.717, 1.165) is 39.0 Å². The zero-order valence-corrected chi connectivity index (χ0v) is 21.6. The molecule has 9 heteroatoms. The summed E-state index contributed by atoms with van der Waals surface area (Å²) in [5.74, 6) is 0.645. The van der Waals surface area contributed by atoms with Crippen molar-refractivity contribution in [1.82, 2.24) is 15.0 Å². The molecule has 0 bridgehead atoms. The van der Waals surface area contributed by atoms with Crippen molar-refractivity contribution in [3.63, 3.8) is 0 Å². The number of hydrogen-bond donors (Lipinski definition) is 1. The second-order valence-electron chi connectivity index (χ2n) is 8.14. The Morgan fingerprint density at radius 3 is 2.49 bits per heavy atom. The van der Waals surface area contributed by atoms with Crippen LogP contribution in [0.25, 0.3) is 17.0 Å². The fraction of sp³-hybridized carbons (Fsp3) is 0.107. The number of amides is 2. The van der Waals surface area contributed by atoms with Gasteiger partial charge in [-0.1, -0.05) is 48.2 Å². The number of hydrazine groups is 1. The Bertz CT molecular complexity index is 1500. The molecule has 1 fully saturated rings. The lowest BCUT2D eigenvalue weighted by molar-refractivity contribution is -0.123. The van der Waals surface area contributed by atoms with Gasteiger partial charge in [0, 0.05) is 28.2 Å². The molecule has 186 valence electrons. The smallest absolute Gasteiger partial charge is 0.285 e. The van der Waals surface area contributed by atoms with Crippen LogP contribution < -0.4 is 14.9 Å². The van der Waals surface area contributed by atoms with Gasteiger partial charge in [0.25, 0.3) is 11.8 Å². The number of ether oxygens (including phenoxy) is 2. The van der Waals surface area contributed by atoms with Crippen LogP contribution in [0.5, 0.6) is 11.5 Å². The van der Waals surface area contributed by atoms with Gasteiger partial charge in [-0.15, -0.1) is 0 Å². The van der Waals surface area contributed by atoms with Crippen LogP contribution in [-0.2, 0) is 11.3 Å². The van der Waals surface area contributed by atoms with Crippen LogP contribution in [0.15, 0.2) is 90.0 Å². The maximum Gasteiger partial charge on any atom is 0.285 e. The molecular weight excluding hydrogens is 506 g/mol. The Kier molecular flexibility index (Phi) is 7.25. The number of rotatable bonds is 8. The molecule has 0 unspecified atom stereocenters. The van der Waals surface area contributed by atoms with Gasteiger partial charge in [0.15, 0.2) is 4.32 Å². The number of nitrogens with one attached hydrogen (secondary N) is 1. The fourth-order valence-corrected chi connectivity index (χ4v) is 5.14. The van der Waals surface area contributed by atoms with Crippen molar-refractivity contribution in [3.05, 3.63) is 101 Å². The number of nitrogens with zero attached hydrogens (tertiary/aromatic N) is 2. The summed E-state index contributed by atoms with van der Waals surface area (Å²) in [5.41, 5.74) is 4.92. The van der Waals surface area contributed by atoms with E-state index in [4.69, 9.17) is 21.7 Å². The highest BCUT2D eigenvalue weighted by Gasteiger charge is 2.34. The molecule has 0 radical (unpaired) electrons. The Hall–Kier alpha value is -4.08. The number of carbonyl (C=O) groups excluding carboxylic acids is 2. The normalized spacial score (nSPS) is 14.4. The summed E-state index contributed by atoms with van der Waals surface area (Å²) in [7, 11) is 1.55. The summed E-state index contributed by atoms with van der Waals surface area (Å²) < 4.78 is 13.4. The van der Waals surface area contributed by atoms with Gasteiger partial charge in [0.2, 0.25) is 0 Å². The van der Waals surface area contributed by atoms with E-state index in [-0.39, 0.29) is 10.2 Å². The molecule has 7 nitrogen and oxygen atoms in total. The summed E-state index contributed by atoms with van der Waals surface area (Å²) in [5, 5.41) is 2.13. The molecule has 3 aromatic carbocycles. The summed E-state index contributed by atoms with van der Waals surface area (Å²) in [4.78, 5) is 26.3. The van der Waals surface area contributed by atoms with Crippen LogP contribution in [0.3, 0.4) is 0 Å². The maximum absolute atomic E-state index is 13.1. The van der Waals surface area contributed by atoms with Gasteiger partial charge in [-0.25, -0.2) is 0 Å². The summed E-state index contributed by atoms with van der Waals surface area (Å²) >= 11 is 6.55. The lowest BCUT2D eigenvalue weighted by Gasteiger charge is -2.15. The fourth-order valence-electron chi connectivity index (χ4n) is 3.97. The van der Waals surface area contributed by atoms with Gasteiger partial charge in [-0.05, 0) is 60.8 Å². The number of thioether (sulfide) groups is 1. The average molecular weight is 530 g/mol. The van der Waals surface area contributed by atoms with Crippen LogP contribution in [0.2, 0.25) is 0 Å². The van der Waals surface area contributed by atoms with E-state index < -0.39 is 5.91 Å². The minimum Gasteiger partial charge on any atom is -0.497 e. The van der Waals surface area contributed by atoms with Crippen molar-refractivity contribution in [1.29, 1.82) is 0 Å². The van der Waals surface area contributed by atoms with Crippen LogP contribution in [-0.4, -0.2) is 39.4 Å². The van der Waals surface area contributed by atoms with Gasteiger partial charge in [0.1, 0.15) is 18.1 Å². The predicted molar refractivity (Wildman–Crippen MR) is 149 cm³/mol. The zero-order chi connectivity index (χ0) is 25.8. The molecule has 1 aromatic heterocycles. The number of carbonyl (C=O) groups is 2. The van der Waals surface area contributed by atoms with E-state index in [9.17, 15) is 9.59 Å². The summed E-state index contributed by atoms with van der Waals surface area (Å²) in [6, 6.07) is 24.3. The lowest BCUT2D eigenvalue weighted by Crippen LogP contribution is -2.44. The van der Waals surface area contributed by atoms with Gasteiger partial charge in [-0.3, -0.25) is 15.0 Å². The third kappa shape index (κ3) is 5.37. The predicted octanol–water partition coefficient (Wildman–Crippen LogP) is 5.28. The van der Waals surface area contributed by atoms with Crippen molar-refractivity contribution < 1.29 is 19.1 Å². The lowest BCUT2D eigenvalue weighted by atomic mass is 10.1. The van der Waals surface area contributed by atoms with E-state index in [1.54, 1.807) is 31.4 Å². The largest absolute Gasteiger partial charge is 0.497 e. The first kappa shape index (κ1) is 24.6. The van der Waals surface area contributed by atoms with Gasteiger partial charge < -0.3 is 14.0 Å². The maximum atomic E-state index is 13.1. The van der Waals surface area contributed by atoms with Gasteiger partial charge >= 0.3 is 0 Å². The molecule has 4 aromatic rings. The van der Waals surface area contributed by atoms with Crippen molar-refractivity contribution in [2.24, 2.45) is 0 Å². The average Bonchev–Trinajstić information content (AvgIpc) is 3.41. The molecule has 1 N–H and O–H groups in total. The second-order valence-corrected chi connectivity index (χ2v) is 9.82. The third-order valence-electron chi connectivity index (χ3n) is 5.81. The first-order valence-corrected chi connectivity index (χ1v) is 12.7. The number of methoxy groups -OCH3 is 1. The highest BCUT2D eigenvalue weighted by Crippen LogP contribution is 2.33. The van der Waals surface area contributed by atoms with Crippen molar-refractivity contribution in [2.45, 2.75) is 6.54 Å². The second kappa shape index (κ2) is 10.9. The van der Waals surface area contributed by atoms with Crippen LogP contribution in [0.4, 0.5) is 0 Å². The topological polar surface area (TPSA) is 72.8 Å². The van der Waals surface area contributed by atoms with Gasteiger partial charge in [-0.2, -0.15) is 5.01 Å².